The monoisotopic (exact) mass is 469 g/mol. The van der Waals surface area contributed by atoms with Crippen LogP contribution in [-0.2, 0) is 6.54 Å². The molecule has 2 atom stereocenters. The lowest BCUT2D eigenvalue weighted by Gasteiger charge is -2.31. The van der Waals surface area contributed by atoms with Gasteiger partial charge in [-0.1, -0.05) is 18.2 Å². The van der Waals surface area contributed by atoms with Gasteiger partial charge in [-0.2, -0.15) is 0 Å². The maximum absolute atomic E-state index is 12.6. The molecule has 0 bridgehead atoms. The van der Waals surface area contributed by atoms with Gasteiger partial charge in [0.2, 0.25) is 5.69 Å². The first-order valence-electron chi connectivity index (χ1n) is 12.7. The van der Waals surface area contributed by atoms with Crippen LogP contribution in [-0.4, -0.2) is 28.2 Å². The van der Waals surface area contributed by atoms with Gasteiger partial charge in [-0.05, 0) is 69.4 Å². The Morgan fingerprint density at radius 3 is 2.37 bits per heavy atom. The third-order valence-electron chi connectivity index (χ3n) is 7.33. The van der Waals surface area contributed by atoms with Gasteiger partial charge in [-0.25, -0.2) is 4.57 Å². The summed E-state index contributed by atoms with van der Waals surface area (Å²) in [7, 11) is 0. The van der Waals surface area contributed by atoms with Crippen molar-refractivity contribution in [2.45, 2.75) is 64.6 Å². The molecule has 2 aliphatic rings. The summed E-state index contributed by atoms with van der Waals surface area (Å²) in [5, 5.41) is 3.88. The van der Waals surface area contributed by atoms with Gasteiger partial charge >= 0.3 is 0 Å². The van der Waals surface area contributed by atoms with Crippen LogP contribution in [0.1, 0.15) is 87.4 Å². The highest BCUT2D eigenvalue weighted by Crippen LogP contribution is 2.33. The molecule has 0 spiro atoms. The van der Waals surface area contributed by atoms with E-state index in [2.05, 4.69) is 53.1 Å². The number of hydrogen-bond donors (Lipinski definition) is 1. The average molecular weight is 470 g/mol. The minimum atomic E-state index is -0.170. The zero-order chi connectivity index (χ0) is 24.4. The number of nitrogens with zero attached hydrogens (tertiary/aromatic N) is 3. The van der Waals surface area contributed by atoms with Crippen molar-refractivity contribution >= 4 is 11.8 Å². The molecular weight excluding hydrogens is 436 g/mol. The van der Waals surface area contributed by atoms with Crippen LogP contribution >= 0.6 is 0 Å². The molecule has 35 heavy (non-hydrogen) atoms. The van der Waals surface area contributed by atoms with Crippen molar-refractivity contribution < 1.29 is 14.2 Å². The number of imide groups is 1. The summed E-state index contributed by atoms with van der Waals surface area (Å²) in [6, 6.07) is 16.0. The second-order valence-electron chi connectivity index (χ2n) is 9.69. The van der Waals surface area contributed by atoms with Gasteiger partial charge < -0.3 is 0 Å². The normalized spacial score (nSPS) is 19.8. The largest absolute Gasteiger partial charge is 0.297 e. The molecular formula is C29H33N4O2+. The lowest BCUT2D eigenvalue weighted by molar-refractivity contribution is -0.706. The summed E-state index contributed by atoms with van der Waals surface area (Å²) >= 11 is 0. The third-order valence-corrected chi connectivity index (χ3v) is 7.33. The van der Waals surface area contributed by atoms with Crippen LogP contribution in [0, 0.1) is 13.8 Å². The molecule has 0 unspecified atom stereocenters. The summed E-state index contributed by atoms with van der Waals surface area (Å²) in [5.74, 6) is -0.339. The fourth-order valence-corrected chi connectivity index (χ4v) is 5.58. The van der Waals surface area contributed by atoms with E-state index in [-0.39, 0.29) is 23.9 Å². The average Bonchev–Trinajstić information content (AvgIpc) is 3.12. The summed E-state index contributed by atoms with van der Waals surface area (Å²) < 4.78 is 2.35. The number of aromatic nitrogens is 2. The molecule has 6 nitrogen and oxygen atoms in total. The van der Waals surface area contributed by atoms with Crippen LogP contribution < -0.4 is 9.88 Å². The second kappa shape index (κ2) is 10.1. The Bertz CT molecular complexity index is 1220. The van der Waals surface area contributed by atoms with Crippen LogP contribution in [0.4, 0.5) is 0 Å². The van der Waals surface area contributed by atoms with E-state index in [1.54, 1.807) is 12.1 Å². The van der Waals surface area contributed by atoms with Crippen LogP contribution in [0.25, 0.3) is 0 Å². The highest BCUT2D eigenvalue weighted by Gasteiger charge is 2.35. The molecule has 3 aromatic rings. The molecule has 0 aliphatic carbocycles. The number of fused-ring (bicyclic) bond motifs is 1. The number of carbonyl (C=O) groups excluding carboxylic acids is 2. The van der Waals surface area contributed by atoms with Crippen LogP contribution in [0.2, 0.25) is 0 Å². The Kier molecular flexibility index (Phi) is 6.73. The first-order valence-corrected chi connectivity index (χ1v) is 12.7. The molecule has 1 aromatic carbocycles. The molecule has 6 heteroatoms. The number of benzene rings is 1. The van der Waals surface area contributed by atoms with Gasteiger partial charge in [0.25, 0.3) is 11.8 Å². The number of pyridine rings is 2. The number of carbonyl (C=O) groups is 2. The van der Waals surface area contributed by atoms with E-state index in [1.165, 1.54) is 21.7 Å². The van der Waals surface area contributed by atoms with Gasteiger partial charge in [0, 0.05) is 30.8 Å². The Hall–Kier alpha value is -3.38. The first kappa shape index (κ1) is 23.4. The van der Waals surface area contributed by atoms with E-state index in [0.717, 1.165) is 44.3 Å². The van der Waals surface area contributed by atoms with Crippen molar-refractivity contribution in [3.05, 3.63) is 94.6 Å². The van der Waals surface area contributed by atoms with E-state index in [0.29, 0.717) is 17.7 Å². The third kappa shape index (κ3) is 4.63. The fraction of sp³-hybridized carbons (Fsp3) is 0.379. The van der Waals surface area contributed by atoms with Gasteiger partial charge in [-0.3, -0.25) is 24.8 Å². The maximum Gasteiger partial charge on any atom is 0.261 e. The Labute approximate surface area is 207 Å². The highest BCUT2D eigenvalue weighted by atomic mass is 16.2. The molecule has 2 aliphatic heterocycles. The van der Waals surface area contributed by atoms with E-state index < -0.39 is 0 Å². The molecule has 180 valence electrons. The standard InChI is InChI=1S/C29H33N4O2/c1-20-10-8-16-30-26(20)24-14-7-15-25(31-24)27-21(2)11-9-18-32(27)17-5-6-19-33-28(34)22-12-3-4-13-23(22)29(33)35/h3-4,8-13,16,18,24-25,31H,5-7,14-15,17,19H2,1-2H3/q+1/t24-,25+/m0/s1. The number of aryl methyl sites for hydroxylation is 3. The Morgan fingerprint density at radius 1 is 0.914 bits per heavy atom. The molecule has 5 rings (SSSR count). The van der Waals surface area contributed by atoms with Crippen LogP contribution in [0.15, 0.2) is 60.9 Å². The number of piperidine rings is 1. The maximum atomic E-state index is 12.6. The number of nitrogens with one attached hydrogen (secondary N) is 1. The number of amides is 2. The van der Waals surface area contributed by atoms with E-state index in [4.69, 9.17) is 0 Å². The molecule has 1 fully saturated rings. The predicted octanol–water partition coefficient (Wildman–Crippen LogP) is 4.62. The highest BCUT2D eigenvalue weighted by molar-refractivity contribution is 6.21. The number of rotatable bonds is 7. The van der Waals surface area contributed by atoms with Crippen LogP contribution in [0.5, 0.6) is 0 Å². The smallest absolute Gasteiger partial charge is 0.261 e. The van der Waals surface area contributed by atoms with Crippen molar-refractivity contribution in [1.82, 2.24) is 15.2 Å². The topological polar surface area (TPSA) is 66.2 Å². The summed E-state index contributed by atoms with van der Waals surface area (Å²) in [6.07, 6.45) is 9.07. The van der Waals surface area contributed by atoms with Crippen molar-refractivity contribution in [1.29, 1.82) is 0 Å². The van der Waals surface area contributed by atoms with Gasteiger partial charge in [-0.15, -0.1) is 0 Å². The summed E-state index contributed by atoms with van der Waals surface area (Å²) in [5.41, 5.74) is 6.04. The van der Waals surface area contributed by atoms with Crippen molar-refractivity contribution in [3.63, 3.8) is 0 Å². The predicted molar refractivity (Wildman–Crippen MR) is 134 cm³/mol. The summed E-state index contributed by atoms with van der Waals surface area (Å²) in [6.45, 7) is 5.63. The zero-order valence-electron chi connectivity index (χ0n) is 20.5. The molecule has 4 heterocycles. The van der Waals surface area contributed by atoms with Gasteiger partial charge in [0.05, 0.1) is 28.9 Å². The van der Waals surface area contributed by atoms with Crippen molar-refractivity contribution in [2.24, 2.45) is 0 Å². The minimum absolute atomic E-state index is 0.170. The van der Waals surface area contributed by atoms with E-state index in [1.807, 2.05) is 24.4 Å². The molecule has 2 amide bonds. The van der Waals surface area contributed by atoms with Gasteiger partial charge in [0.1, 0.15) is 6.54 Å². The number of unbranched alkanes of at least 4 members (excludes halogenated alkanes) is 1. The Morgan fingerprint density at radius 2 is 1.63 bits per heavy atom. The molecule has 2 aromatic heterocycles. The lowest BCUT2D eigenvalue weighted by atomic mass is 9.91. The quantitative estimate of drug-likeness (QED) is 0.312. The molecule has 0 radical (unpaired) electrons. The Balaban J connectivity index is 1.24. The van der Waals surface area contributed by atoms with Crippen LogP contribution in [0.3, 0.4) is 0 Å². The molecule has 0 saturated carbocycles. The van der Waals surface area contributed by atoms with Gasteiger partial charge in [0.15, 0.2) is 6.20 Å². The van der Waals surface area contributed by atoms with Crippen molar-refractivity contribution in [2.75, 3.05) is 6.54 Å². The van der Waals surface area contributed by atoms with Crippen molar-refractivity contribution in [3.8, 4) is 0 Å². The van der Waals surface area contributed by atoms with E-state index >= 15 is 0 Å². The first-order chi connectivity index (χ1) is 17.0. The SMILES string of the molecule is Cc1cccnc1[C@@H]1CCC[C@H](c2c(C)ccc[n+]2CCCCN2C(=O)c3ccccc3C2=O)N1. The number of hydrogen-bond acceptors (Lipinski definition) is 4. The lowest BCUT2D eigenvalue weighted by Crippen LogP contribution is -2.45. The van der Waals surface area contributed by atoms with E-state index in [9.17, 15) is 9.59 Å². The second-order valence-corrected chi connectivity index (χ2v) is 9.69. The molecule has 1 N–H and O–H groups in total. The zero-order valence-corrected chi connectivity index (χ0v) is 20.5. The molecule has 1 saturated heterocycles. The summed E-state index contributed by atoms with van der Waals surface area (Å²) in [4.78, 5) is 31.3. The fourth-order valence-electron chi connectivity index (χ4n) is 5.58. The minimum Gasteiger partial charge on any atom is -0.297 e.